The van der Waals surface area contributed by atoms with E-state index in [1.807, 2.05) is 34.6 Å². The first-order chi connectivity index (χ1) is 6.73. The van der Waals surface area contributed by atoms with E-state index < -0.39 is 0 Å². The van der Waals surface area contributed by atoms with E-state index in [-0.39, 0.29) is 23.2 Å². The van der Waals surface area contributed by atoms with Crippen molar-refractivity contribution in [1.82, 2.24) is 0 Å². The fraction of sp³-hybridized carbons (Fsp3) is 1.00. The molecule has 2 atom stereocenters. The Morgan fingerprint density at radius 3 is 2.27 bits per heavy atom. The van der Waals surface area contributed by atoms with Gasteiger partial charge in [-0.1, -0.05) is 13.8 Å². The van der Waals surface area contributed by atoms with E-state index in [1.165, 1.54) is 0 Å². The fourth-order valence-electron chi connectivity index (χ4n) is 1.69. The predicted molar refractivity (Wildman–Crippen MR) is 59.8 cm³/mol. The number of aliphatic hydroxyl groups is 1. The van der Waals surface area contributed by atoms with Crippen molar-refractivity contribution in [3.63, 3.8) is 0 Å². The third-order valence-corrected chi connectivity index (χ3v) is 3.06. The van der Waals surface area contributed by atoms with Crippen LogP contribution in [-0.4, -0.2) is 36.1 Å². The average Bonchev–Trinajstić information content (AvgIpc) is 2.08. The molecular formula is C12H24O3. The summed E-state index contributed by atoms with van der Waals surface area (Å²) in [7, 11) is 0. The van der Waals surface area contributed by atoms with E-state index >= 15 is 0 Å². The molecule has 0 amide bonds. The molecule has 1 fully saturated rings. The van der Waals surface area contributed by atoms with Crippen molar-refractivity contribution in [3.8, 4) is 0 Å². The molecule has 0 radical (unpaired) electrons. The van der Waals surface area contributed by atoms with Crippen LogP contribution in [0.4, 0.5) is 0 Å². The lowest BCUT2D eigenvalue weighted by Crippen LogP contribution is -2.54. The first-order valence-corrected chi connectivity index (χ1v) is 5.67. The van der Waals surface area contributed by atoms with E-state index in [1.54, 1.807) is 0 Å². The van der Waals surface area contributed by atoms with Crippen molar-refractivity contribution in [3.05, 3.63) is 0 Å². The van der Waals surface area contributed by atoms with Crippen molar-refractivity contribution in [2.45, 2.75) is 58.8 Å². The van der Waals surface area contributed by atoms with Gasteiger partial charge in [0.05, 0.1) is 31.0 Å². The first-order valence-electron chi connectivity index (χ1n) is 5.67. The van der Waals surface area contributed by atoms with Gasteiger partial charge >= 0.3 is 0 Å². The Bertz CT molecular complexity index is 205. The largest absolute Gasteiger partial charge is 0.392 e. The van der Waals surface area contributed by atoms with Crippen LogP contribution in [0.25, 0.3) is 0 Å². The maximum Gasteiger partial charge on any atom is 0.0707 e. The molecule has 1 aliphatic carbocycles. The summed E-state index contributed by atoms with van der Waals surface area (Å²) in [6, 6.07) is 0. The Morgan fingerprint density at radius 1 is 1.27 bits per heavy atom. The average molecular weight is 216 g/mol. The molecule has 0 aliphatic heterocycles. The minimum atomic E-state index is -0.217. The summed E-state index contributed by atoms with van der Waals surface area (Å²) in [6.07, 6.45) is 0.713. The molecular weight excluding hydrogens is 192 g/mol. The molecule has 0 bridgehead atoms. The van der Waals surface area contributed by atoms with Gasteiger partial charge in [0, 0.05) is 11.8 Å². The van der Waals surface area contributed by atoms with Crippen LogP contribution in [0, 0.1) is 5.41 Å². The zero-order valence-corrected chi connectivity index (χ0v) is 10.5. The molecule has 3 nitrogen and oxygen atoms in total. The molecule has 90 valence electrons. The number of hydrogen-bond donors (Lipinski definition) is 1. The Kier molecular flexibility index (Phi) is 3.80. The monoisotopic (exact) mass is 216 g/mol. The maximum atomic E-state index is 9.52. The van der Waals surface area contributed by atoms with Gasteiger partial charge in [0.1, 0.15) is 0 Å². The van der Waals surface area contributed by atoms with Crippen molar-refractivity contribution >= 4 is 0 Å². The Balaban J connectivity index is 2.12. The quantitative estimate of drug-likeness (QED) is 0.730. The summed E-state index contributed by atoms with van der Waals surface area (Å²) in [5.74, 6) is 0. The number of aliphatic hydroxyl groups excluding tert-OH is 1. The molecule has 0 heterocycles. The topological polar surface area (TPSA) is 38.7 Å². The smallest absolute Gasteiger partial charge is 0.0707 e. The van der Waals surface area contributed by atoms with Crippen LogP contribution in [0.1, 0.15) is 41.0 Å². The van der Waals surface area contributed by atoms with Gasteiger partial charge < -0.3 is 14.6 Å². The van der Waals surface area contributed by atoms with Crippen LogP contribution < -0.4 is 0 Å². The minimum Gasteiger partial charge on any atom is -0.392 e. The summed E-state index contributed by atoms with van der Waals surface area (Å²) >= 11 is 0. The Hall–Kier alpha value is -0.120. The van der Waals surface area contributed by atoms with E-state index in [9.17, 15) is 5.11 Å². The molecule has 0 aromatic heterocycles. The van der Waals surface area contributed by atoms with Gasteiger partial charge in [-0.05, 0) is 20.8 Å². The first kappa shape index (κ1) is 12.9. The van der Waals surface area contributed by atoms with Crippen molar-refractivity contribution in [2.24, 2.45) is 5.41 Å². The second-order valence-corrected chi connectivity index (χ2v) is 5.89. The van der Waals surface area contributed by atoms with E-state index in [4.69, 9.17) is 9.47 Å². The molecule has 0 spiro atoms. The Morgan fingerprint density at radius 2 is 1.87 bits per heavy atom. The highest BCUT2D eigenvalue weighted by Crippen LogP contribution is 2.42. The normalized spacial score (nSPS) is 30.0. The summed E-state index contributed by atoms with van der Waals surface area (Å²) < 4.78 is 11.2. The van der Waals surface area contributed by atoms with Crippen molar-refractivity contribution in [1.29, 1.82) is 0 Å². The van der Waals surface area contributed by atoms with Crippen molar-refractivity contribution < 1.29 is 14.6 Å². The van der Waals surface area contributed by atoms with Gasteiger partial charge in [-0.15, -0.1) is 0 Å². The lowest BCUT2D eigenvalue weighted by Gasteiger charge is -2.48. The van der Waals surface area contributed by atoms with Gasteiger partial charge in [0.25, 0.3) is 0 Å². The summed E-state index contributed by atoms with van der Waals surface area (Å²) in [6.45, 7) is 11.4. The molecule has 0 aromatic rings. The number of rotatable bonds is 4. The van der Waals surface area contributed by atoms with Crippen LogP contribution in [0.3, 0.4) is 0 Å². The highest BCUT2D eigenvalue weighted by Gasteiger charge is 2.48. The van der Waals surface area contributed by atoms with Gasteiger partial charge in [-0.3, -0.25) is 0 Å². The van der Waals surface area contributed by atoms with Gasteiger partial charge in [0.2, 0.25) is 0 Å². The third-order valence-electron chi connectivity index (χ3n) is 3.06. The second-order valence-electron chi connectivity index (χ2n) is 5.89. The second kappa shape index (κ2) is 4.40. The number of ether oxygens (including phenoxy) is 2. The van der Waals surface area contributed by atoms with Gasteiger partial charge in [-0.25, -0.2) is 0 Å². The van der Waals surface area contributed by atoms with E-state index in [2.05, 4.69) is 0 Å². The predicted octanol–water partition coefficient (Wildman–Crippen LogP) is 1.98. The highest BCUT2D eigenvalue weighted by molar-refractivity contribution is 4.98. The van der Waals surface area contributed by atoms with Crippen LogP contribution >= 0.6 is 0 Å². The summed E-state index contributed by atoms with van der Waals surface area (Å²) in [5.41, 5.74) is -0.195. The molecule has 0 saturated heterocycles. The van der Waals surface area contributed by atoms with Gasteiger partial charge in [0.15, 0.2) is 0 Å². The Labute approximate surface area is 92.8 Å². The van der Waals surface area contributed by atoms with Crippen LogP contribution in [0.2, 0.25) is 0 Å². The third kappa shape index (κ3) is 3.44. The maximum absolute atomic E-state index is 9.52. The van der Waals surface area contributed by atoms with Crippen molar-refractivity contribution in [2.75, 3.05) is 13.2 Å². The van der Waals surface area contributed by atoms with Crippen LogP contribution in [0.5, 0.6) is 0 Å². The van der Waals surface area contributed by atoms with Crippen LogP contribution in [0.15, 0.2) is 0 Å². The highest BCUT2D eigenvalue weighted by atomic mass is 16.5. The lowest BCUT2D eigenvalue weighted by atomic mass is 9.66. The summed E-state index contributed by atoms with van der Waals surface area (Å²) in [5, 5.41) is 9.52. The fourth-order valence-corrected chi connectivity index (χ4v) is 1.69. The standard InChI is InChI=1S/C12H24O3/c1-11(2,3)15-7-6-14-10-8-9(13)12(10,4)5/h9-10,13H,6-8H2,1-5H3. The summed E-state index contributed by atoms with van der Waals surface area (Å²) in [4.78, 5) is 0. The number of hydrogen-bond acceptors (Lipinski definition) is 3. The zero-order chi connectivity index (χ0) is 11.7. The zero-order valence-electron chi connectivity index (χ0n) is 10.5. The van der Waals surface area contributed by atoms with Gasteiger partial charge in [-0.2, -0.15) is 0 Å². The molecule has 1 N–H and O–H groups in total. The van der Waals surface area contributed by atoms with Crippen LogP contribution in [-0.2, 0) is 9.47 Å². The molecule has 1 aliphatic rings. The molecule has 1 rings (SSSR count). The molecule has 2 unspecified atom stereocenters. The van der Waals surface area contributed by atoms with E-state index in [0.717, 1.165) is 6.42 Å². The molecule has 15 heavy (non-hydrogen) atoms. The lowest BCUT2D eigenvalue weighted by molar-refractivity contribution is -0.183. The molecule has 0 aromatic carbocycles. The molecule has 1 saturated carbocycles. The molecule has 3 heteroatoms. The minimum absolute atomic E-state index is 0.0955. The SMILES string of the molecule is CC(C)(C)OCCOC1CC(O)C1(C)C. The van der Waals surface area contributed by atoms with E-state index in [0.29, 0.717) is 13.2 Å².